The van der Waals surface area contributed by atoms with Crippen LogP contribution in [0.4, 0.5) is 5.82 Å². The molecular weight excluding hydrogens is 430 g/mol. The lowest BCUT2D eigenvalue weighted by molar-refractivity contribution is -0.123. The highest BCUT2D eigenvalue weighted by Crippen LogP contribution is 2.23. The van der Waals surface area contributed by atoms with Gasteiger partial charge in [-0.05, 0) is 53.4 Å². The highest BCUT2D eigenvalue weighted by atomic mass is 79.9. The molecule has 6 heteroatoms. The van der Waals surface area contributed by atoms with Gasteiger partial charge in [-0.25, -0.2) is 4.98 Å². The molecule has 0 aliphatic carbocycles. The summed E-state index contributed by atoms with van der Waals surface area (Å²) in [6, 6.07) is 20.0. The first-order valence-corrected chi connectivity index (χ1v) is 10.4. The molecule has 0 unspecified atom stereocenters. The molecule has 1 aromatic heterocycles. The monoisotopic (exact) mass is 451 g/mol. The third-order valence-corrected chi connectivity index (χ3v) is 5.47. The third-order valence-electron chi connectivity index (χ3n) is 4.94. The summed E-state index contributed by atoms with van der Waals surface area (Å²) in [5, 5.41) is 2.87. The Morgan fingerprint density at radius 1 is 1.07 bits per heavy atom. The van der Waals surface area contributed by atoms with Crippen molar-refractivity contribution in [1.82, 2.24) is 10.3 Å². The number of amides is 1. The molecule has 2 aromatic carbocycles. The van der Waals surface area contributed by atoms with Crippen LogP contribution in [0, 0.1) is 0 Å². The average Bonchev–Trinajstić information content (AvgIpc) is 2.77. The van der Waals surface area contributed by atoms with Crippen LogP contribution < -0.4 is 15.0 Å². The lowest BCUT2D eigenvalue weighted by atomic mass is 10.00. The second kappa shape index (κ2) is 9.09. The number of nitrogens with zero attached hydrogens (tertiary/aromatic N) is 2. The fourth-order valence-corrected chi connectivity index (χ4v) is 3.60. The van der Waals surface area contributed by atoms with Crippen LogP contribution in [0.2, 0.25) is 0 Å². The average molecular weight is 452 g/mol. The molecule has 5 nitrogen and oxygen atoms in total. The number of pyridine rings is 1. The van der Waals surface area contributed by atoms with Crippen LogP contribution in [0.1, 0.15) is 16.7 Å². The molecule has 0 spiro atoms. The molecule has 148 valence electrons. The van der Waals surface area contributed by atoms with E-state index in [1.807, 2.05) is 42.6 Å². The van der Waals surface area contributed by atoms with Crippen molar-refractivity contribution in [2.24, 2.45) is 0 Å². The van der Waals surface area contributed by atoms with Crippen molar-refractivity contribution >= 4 is 27.7 Å². The van der Waals surface area contributed by atoms with E-state index in [9.17, 15) is 4.79 Å². The van der Waals surface area contributed by atoms with Crippen LogP contribution in [-0.4, -0.2) is 24.0 Å². The van der Waals surface area contributed by atoms with Gasteiger partial charge in [-0.15, -0.1) is 0 Å². The molecular formula is C23H22BrN3O2. The zero-order valence-electron chi connectivity index (χ0n) is 16.0. The summed E-state index contributed by atoms with van der Waals surface area (Å²) in [5.41, 5.74) is 3.75. The normalized spacial score (nSPS) is 12.9. The van der Waals surface area contributed by atoms with Crippen molar-refractivity contribution in [3.63, 3.8) is 0 Å². The minimum Gasteiger partial charge on any atom is -0.484 e. The van der Waals surface area contributed by atoms with Crippen molar-refractivity contribution in [3.05, 3.63) is 88.0 Å². The maximum atomic E-state index is 12.0. The van der Waals surface area contributed by atoms with Crippen LogP contribution in [0.25, 0.3) is 0 Å². The van der Waals surface area contributed by atoms with Crippen molar-refractivity contribution < 1.29 is 9.53 Å². The Bertz CT molecular complexity index is 974. The zero-order valence-corrected chi connectivity index (χ0v) is 17.6. The van der Waals surface area contributed by atoms with Crippen LogP contribution >= 0.6 is 15.9 Å². The van der Waals surface area contributed by atoms with E-state index in [4.69, 9.17) is 4.74 Å². The molecule has 0 atom stereocenters. The largest absolute Gasteiger partial charge is 0.484 e. The van der Waals surface area contributed by atoms with Gasteiger partial charge in [0.2, 0.25) is 0 Å². The second-order valence-electron chi connectivity index (χ2n) is 6.98. The Hall–Kier alpha value is -2.86. The standard InChI is InChI=1S/C23H22BrN3O2/c24-20-6-8-21(9-7-20)29-16-23(28)26-14-17-5-10-22(25-13-17)27-12-11-18-3-1-2-4-19(18)15-27/h1-10,13H,11-12,14-16H2,(H,26,28). The van der Waals surface area contributed by atoms with E-state index in [1.54, 1.807) is 0 Å². The Morgan fingerprint density at radius 2 is 1.86 bits per heavy atom. The Morgan fingerprint density at radius 3 is 2.62 bits per heavy atom. The second-order valence-corrected chi connectivity index (χ2v) is 7.90. The first kappa shape index (κ1) is 19.5. The summed E-state index contributed by atoms with van der Waals surface area (Å²) in [4.78, 5) is 18.9. The number of anilines is 1. The number of halogens is 1. The van der Waals surface area contributed by atoms with Gasteiger partial charge in [0.25, 0.3) is 5.91 Å². The van der Waals surface area contributed by atoms with Crippen molar-refractivity contribution in [1.29, 1.82) is 0 Å². The van der Waals surface area contributed by atoms with Crippen LogP contribution in [-0.2, 0) is 24.3 Å². The van der Waals surface area contributed by atoms with Gasteiger partial charge in [0, 0.05) is 30.3 Å². The third kappa shape index (κ3) is 5.15. The van der Waals surface area contributed by atoms with Gasteiger partial charge in [-0.1, -0.05) is 46.3 Å². The molecule has 0 bridgehead atoms. The van der Waals surface area contributed by atoms with E-state index in [1.165, 1.54) is 11.1 Å². The first-order valence-electron chi connectivity index (χ1n) is 9.59. The molecule has 0 fully saturated rings. The summed E-state index contributed by atoms with van der Waals surface area (Å²) in [6.07, 6.45) is 2.86. The summed E-state index contributed by atoms with van der Waals surface area (Å²) in [5.74, 6) is 1.47. The highest BCUT2D eigenvalue weighted by Gasteiger charge is 2.16. The first-order chi connectivity index (χ1) is 14.2. The molecule has 0 radical (unpaired) electrons. The van der Waals surface area contributed by atoms with Crippen molar-refractivity contribution in [2.75, 3.05) is 18.1 Å². The number of rotatable bonds is 6. The van der Waals surface area contributed by atoms with Crippen LogP contribution in [0.5, 0.6) is 5.75 Å². The van der Waals surface area contributed by atoms with Gasteiger partial charge in [0.1, 0.15) is 11.6 Å². The maximum absolute atomic E-state index is 12.0. The Labute approximate surface area is 178 Å². The van der Waals surface area contributed by atoms with Gasteiger partial charge in [-0.3, -0.25) is 4.79 Å². The molecule has 3 aromatic rings. The maximum Gasteiger partial charge on any atom is 0.258 e. The predicted octanol–water partition coefficient (Wildman–Crippen LogP) is 4.10. The number of fused-ring (bicyclic) bond motifs is 1. The van der Waals surface area contributed by atoms with Crippen molar-refractivity contribution in [3.8, 4) is 5.75 Å². The number of nitrogens with one attached hydrogen (secondary N) is 1. The predicted molar refractivity (Wildman–Crippen MR) is 117 cm³/mol. The van der Waals surface area contributed by atoms with E-state index in [0.717, 1.165) is 35.4 Å². The van der Waals surface area contributed by atoms with Gasteiger partial charge in [0.05, 0.1) is 0 Å². The molecule has 0 saturated heterocycles. The molecule has 1 amide bonds. The van der Waals surface area contributed by atoms with Gasteiger partial charge < -0.3 is 15.0 Å². The number of ether oxygens (including phenoxy) is 1. The van der Waals surface area contributed by atoms with E-state index in [2.05, 4.69) is 55.4 Å². The number of carbonyl (C=O) groups is 1. The van der Waals surface area contributed by atoms with E-state index in [0.29, 0.717) is 12.3 Å². The van der Waals surface area contributed by atoms with E-state index < -0.39 is 0 Å². The Balaban J connectivity index is 1.26. The minimum atomic E-state index is -0.162. The lowest BCUT2D eigenvalue weighted by Crippen LogP contribution is -2.31. The minimum absolute atomic E-state index is 0.0136. The summed E-state index contributed by atoms with van der Waals surface area (Å²) in [7, 11) is 0. The number of carbonyl (C=O) groups excluding carboxylic acids is 1. The van der Waals surface area contributed by atoms with E-state index >= 15 is 0 Å². The van der Waals surface area contributed by atoms with Gasteiger partial charge >= 0.3 is 0 Å². The molecule has 2 heterocycles. The molecule has 4 rings (SSSR count). The topological polar surface area (TPSA) is 54.5 Å². The summed E-state index contributed by atoms with van der Waals surface area (Å²) in [6.45, 7) is 2.26. The quantitative estimate of drug-likeness (QED) is 0.612. The molecule has 1 aliphatic rings. The van der Waals surface area contributed by atoms with Crippen LogP contribution in [0.15, 0.2) is 71.3 Å². The van der Waals surface area contributed by atoms with Gasteiger partial charge in [0.15, 0.2) is 6.61 Å². The number of hydrogen-bond donors (Lipinski definition) is 1. The number of aromatic nitrogens is 1. The lowest BCUT2D eigenvalue weighted by Gasteiger charge is -2.29. The molecule has 0 saturated carbocycles. The molecule has 1 aliphatic heterocycles. The number of hydrogen-bond acceptors (Lipinski definition) is 4. The fourth-order valence-electron chi connectivity index (χ4n) is 3.33. The smallest absolute Gasteiger partial charge is 0.258 e. The Kier molecular flexibility index (Phi) is 6.10. The zero-order chi connectivity index (χ0) is 20.1. The SMILES string of the molecule is O=C(COc1ccc(Br)cc1)NCc1ccc(N2CCc3ccccc3C2)nc1. The summed E-state index contributed by atoms with van der Waals surface area (Å²) < 4.78 is 6.45. The highest BCUT2D eigenvalue weighted by molar-refractivity contribution is 9.10. The molecule has 29 heavy (non-hydrogen) atoms. The summed E-state index contributed by atoms with van der Waals surface area (Å²) >= 11 is 3.37. The van der Waals surface area contributed by atoms with Crippen molar-refractivity contribution in [2.45, 2.75) is 19.5 Å². The van der Waals surface area contributed by atoms with E-state index in [-0.39, 0.29) is 12.5 Å². The molecule has 1 N–H and O–H groups in total. The fraction of sp³-hybridized carbons (Fsp3) is 0.217. The van der Waals surface area contributed by atoms with Crippen LogP contribution in [0.3, 0.4) is 0 Å². The van der Waals surface area contributed by atoms with Gasteiger partial charge in [-0.2, -0.15) is 0 Å². The number of benzene rings is 2.